The standard InChI is InChI=1S/C24H24N4O3/c1-31-17-8-6-16(7-9-17)19-12-20(29)21(24(30)23(19)28-14-25-13-27-28)22-18-5-3-2-4-15(18)10-11-26-22/h2-9,13-14,19,22-23,26,30H,10-12H2,1H3/p+1/t19-,22-,23+/m0/s1. The summed E-state index contributed by atoms with van der Waals surface area (Å²) in [5.74, 6) is 0.563. The van der Waals surface area contributed by atoms with Crippen molar-refractivity contribution in [3.05, 3.63) is 89.2 Å². The van der Waals surface area contributed by atoms with Crippen molar-refractivity contribution in [3.63, 3.8) is 0 Å². The molecule has 3 N–H and O–H groups in total. The fraction of sp³-hybridized carbons (Fsp3) is 0.292. The number of quaternary nitrogens is 1. The van der Waals surface area contributed by atoms with Gasteiger partial charge in [-0.05, 0) is 23.3 Å². The summed E-state index contributed by atoms with van der Waals surface area (Å²) in [6.07, 6.45) is 4.30. The first-order valence-corrected chi connectivity index (χ1v) is 10.5. The van der Waals surface area contributed by atoms with Crippen LogP contribution in [0.3, 0.4) is 0 Å². The van der Waals surface area contributed by atoms with E-state index in [4.69, 9.17) is 4.74 Å². The smallest absolute Gasteiger partial charge is 0.169 e. The number of aliphatic hydroxyl groups excluding tert-OH is 1. The van der Waals surface area contributed by atoms with Gasteiger partial charge in [-0.15, -0.1) is 0 Å². The Balaban J connectivity index is 1.62. The molecule has 0 amide bonds. The van der Waals surface area contributed by atoms with Crippen LogP contribution < -0.4 is 10.1 Å². The first-order valence-electron chi connectivity index (χ1n) is 10.5. The van der Waals surface area contributed by atoms with Crippen LogP contribution in [-0.2, 0) is 11.2 Å². The number of ketones is 1. The van der Waals surface area contributed by atoms with Gasteiger partial charge in [0.2, 0.25) is 0 Å². The molecule has 0 bridgehead atoms. The van der Waals surface area contributed by atoms with Crippen molar-refractivity contribution in [2.75, 3.05) is 13.7 Å². The topological polar surface area (TPSA) is 93.8 Å². The number of allylic oxidation sites excluding steroid dienone is 1. The monoisotopic (exact) mass is 417 g/mol. The minimum absolute atomic E-state index is 0.0207. The normalized spacial score (nSPS) is 23.5. The van der Waals surface area contributed by atoms with E-state index >= 15 is 0 Å². The molecule has 0 saturated heterocycles. The summed E-state index contributed by atoms with van der Waals surface area (Å²) in [6, 6.07) is 15.1. The zero-order chi connectivity index (χ0) is 21.4. The zero-order valence-electron chi connectivity index (χ0n) is 17.3. The average molecular weight is 417 g/mol. The van der Waals surface area contributed by atoms with E-state index in [1.54, 1.807) is 18.1 Å². The SMILES string of the molecule is COc1ccc([C@@H]2CC(=O)C([C@H]3[NH2+]CCc4ccccc43)=C(O)[C@@H]2n2cncn2)cc1. The Labute approximate surface area is 180 Å². The Morgan fingerprint density at radius 3 is 2.71 bits per heavy atom. The Kier molecular flexibility index (Phi) is 5.03. The number of rotatable bonds is 4. The zero-order valence-corrected chi connectivity index (χ0v) is 17.3. The second-order valence-corrected chi connectivity index (χ2v) is 8.08. The molecule has 7 heteroatoms. The Hall–Kier alpha value is -3.45. The van der Waals surface area contributed by atoms with E-state index in [0.717, 1.165) is 29.8 Å². The summed E-state index contributed by atoms with van der Waals surface area (Å²) in [4.78, 5) is 17.5. The third kappa shape index (κ3) is 3.41. The second kappa shape index (κ2) is 8.00. The number of fused-ring (bicyclic) bond motifs is 1. The molecule has 3 aromatic rings. The maximum atomic E-state index is 13.4. The van der Waals surface area contributed by atoms with E-state index in [-0.39, 0.29) is 23.5 Å². The highest BCUT2D eigenvalue weighted by molar-refractivity contribution is 5.98. The van der Waals surface area contributed by atoms with Gasteiger partial charge in [0.05, 0.1) is 19.2 Å². The number of methoxy groups -OCH3 is 1. The van der Waals surface area contributed by atoms with Crippen LogP contribution in [0.5, 0.6) is 5.75 Å². The Bertz CT molecular complexity index is 1120. The minimum atomic E-state index is -0.494. The van der Waals surface area contributed by atoms with Crippen molar-refractivity contribution >= 4 is 5.78 Å². The van der Waals surface area contributed by atoms with Crippen LogP contribution in [0.2, 0.25) is 0 Å². The number of Topliss-reactive ketones (excluding diaryl/α,β-unsaturated/α-hetero) is 1. The summed E-state index contributed by atoms with van der Waals surface area (Å²) >= 11 is 0. The molecule has 1 aliphatic carbocycles. The first kappa shape index (κ1) is 19.5. The van der Waals surface area contributed by atoms with Crippen LogP contribution in [0.1, 0.15) is 41.1 Å². The lowest BCUT2D eigenvalue weighted by Crippen LogP contribution is -2.88. The summed E-state index contributed by atoms with van der Waals surface area (Å²) in [6.45, 7) is 0.877. The lowest BCUT2D eigenvalue weighted by Gasteiger charge is -2.35. The molecule has 31 heavy (non-hydrogen) atoms. The van der Waals surface area contributed by atoms with Crippen molar-refractivity contribution in [2.24, 2.45) is 0 Å². The van der Waals surface area contributed by atoms with E-state index in [9.17, 15) is 9.90 Å². The van der Waals surface area contributed by atoms with Gasteiger partial charge < -0.3 is 15.2 Å². The fourth-order valence-electron chi connectivity index (χ4n) is 4.94. The van der Waals surface area contributed by atoms with Gasteiger partial charge in [-0.25, -0.2) is 9.67 Å². The number of hydrogen-bond acceptors (Lipinski definition) is 5. The van der Waals surface area contributed by atoms with E-state index in [0.29, 0.717) is 12.0 Å². The summed E-state index contributed by atoms with van der Waals surface area (Å²) in [5, 5.41) is 18.0. The molecule has 5 rings (SSSR count). The van der Waals surface area contributed by atoms with Crippen molar-refractivity contribution in [3.8, 4) is 5.75 Å². The highest BCUT2D eigenvalue weighted by Gasteiger charge is 2.44. The van der Waals surface area contributed by atoms with E-state index < -0.39 is 6.04 Å². The molecule has 0 spiro atoms. The highest BCUT2D eigenvalue weighted by Crippen LogP contribution is 2.44. The predicted molar refractivity (Wildman–Crippen MR) is 114 cm³/mol. The molecule has 0 unspecified atom stereocenters. The molecule has 0 saturated carbocycles. The number of nitrogens with two attached hydrogens (primary N) is 1. The molecule has 1 aromatic heterocycles. The van der Waals surface area contributed by atoms with Crippen LogP contribution in [-0.4, -0.2) is 39.3 Å². The number of ether oxygens (including phenoxy) is 1. The maximum absolute atomic E-state index is 13.4. The third-order valence-electron chi connectivity index (χ3n) is 6.43. The molecule has 0 radical (unpaired) electrons. The second-order valence-electron chi connectivity index (χ2n) is 8.08. The van der Waals surface area contributed by atoms with Crippen LogP contribution in [0.4, 0.5) is 0 Å². The van der Waals surface area contributed by atoms with Gasteiger partial charge in [0.15, 0.2) is 5.78 Å². The van der Waals surface area contributed by atoms with Gasteiger partial charge in [-0.1, -0.05) is 36.4 Å². The summed E-state index contributed by atoms with van der Waals surface area (Å²) < 4.78 is 6.93. The Morgan fingerprint density at radius 1 is 1.16 bits per heavy atom. The molecule has 7 nitrogen and oxygen atoms in total. The van der Waals surface area contributed by atoms with Crippen molar-refractivity contribution in [1.29, 1.82) is 0 Å². The van der Waals surface area contributed by atoms with Crippen molar-refractivity contribution < 1.29 is 20.0 Å². The largest absolute Gasteiger partial charge is 0.509 e. The molecule has 2 heterocycles. The van der Waals surface area contributed by atoms with Crippen LogP contribution in [0.15, 0.2) is 72.5 Å². The molecule has 2 aliphatic rings. The molecular weight excluding hydrogens is 392 g/mol. The van der Waals surface area contributed by atoms with Crippen molar-refractivity contribution in [2.45, 2.75) is 30.8 Å². The van der Waals surface area contributed by atoms with Gasteiger partial charge in [-0.2, -0.15) is 5.10 Å². The third-order valence-corrected chi connectivity index (χ3v) is 6.43. The lowest BCUT2D eigenvalue weighted by atomic mass is 9.75. The van der Waals surface area contributed by atoms with Crippen LogP contribution in [0.25, 0.3) is 0 Å². The van der Waals surface area contributed by atoms with Crippen molar-refractivity contribution in [1.82, 2.24) is 14.8 Å². The molecule has 0 fully saturated rings. The number of benzene rings is 2. The molecule has 1 aliphatic heterocycles. The fourth-order valence-corrected chi connectivity index (χ4v) is 4.94. The molecule has 2 aromatic carbocycles. The van der Waals surface area contributed by atoms with Gasteiger partial charge in [0.1, 0.15) is 36.2 Å². The first-order chi connectivity index (χ1) is 15.2. The molecule has 3 atom stereocenters. The minimum Gasteiger partial charge on any atom is -0.509 e. The number of aromatic nitrogens is 3. The van der Waals surface area contributed by atoms with E-state index in [2.05, 4.69) is 27.5 Å². The van der Waals surface area contributed by atoms with Gasteiger partial charge in [0.25, 0.3) is 0 Å². The molecule has 158 valence electrons. The number of nitrogens with zero attached hydrogens (tertiary/aromatic N) is 3. The number of carbonyl (C=O) groups excluding carboxylic acids is 1. The quantitative estimate of drug-likeness (QED) is 0.679. The maximum Gasteiger partial charge on any atom is 0.169 e. The Morgan fingerprint density at radius 2 is 1.97 bits per heavy atom. The van der Waals surface area contributed by atoms with Gasteiger partial charge in [0, 0.05) is 24.3 Å². The van der Waals surface area contributed by atoms with Gasteiger partial charge >= 0.3 is 0 Å². The van der Waals surface area contributed by atoms with Crippen LogP contribution in [0, 0.1) is 0 Å². The highest BCUT2D eigenvalue weighted by atomic mass is 16.5. The number of hydrogen-bond donors (Lipinski definition) is 2. The summed E-state index contributed by atoms with van der Waals surface area (Å²) in [7, 11) is 1.62. The number of carbonyl (C=O) groups is 1. The lowest BCUT2D eigenvalue weighted by molar-refractivity contribution is -0.690. The number of aliphatic hydroxyl groups is 1. The van der Waals surface area contributed by atoms with E-state index in [1.165, 1.54) is 11.9 Å². The average Bonchev–Trinajstić information content (AvgIpc) is 3.33. The predicted octanol–water partition coefficient (Wildman–Crippen LogP) is 2.26. The van der Waals surface area contributed by atoms with E-state index in [1.807, 2.05) is 36.4 Å². The van der Waals surface area contributed by atoms with Gasteiger partial charge in [-0.3, -0.25) is 4.79 Å². The van der Waals surface area contributed by atoms with Crippen LogP contribution >= 0.6 is 0 Å². The summed E-state index contributed by atoms with van der Waals surface area (Å²) in [5.41, 5.74) is 3.77. The molecular formula is C24H25N4O3+.